The van der Waals surface area contributed by atoms with E-state index in [4.69, 9.17) is 15.1 Å². The zero-order valence-corrected chi connectivity index (χ0v) is 9.82. The van der Waals surface area contributed by atoms with E-state index >= 15 is 0 Å². The Kier molecular flexibility index (Phi) is 4.09. The first kappa shape index (κ1) is 12.3. The smallest absolute Gasteiger partial charge is 0.334 e. The lowest BCUT2D eigenvalue weighted by atomic mass is 10.2. The summed E-state index contributed by atoms with van der Waals surface area (Å²) in [5, 5.41) is 17.4. The summed E-state index contributed by atoms with van der Waals surface area (Å²) in [6.45, 7) is 3.18. The second kappa shape index (κ2) is 5.33. The van der Waals surface area contributed by atoms with Crippen molar-refractivity contribution >= 4 is 21.9 Å². The Morgan fingerprint density at radius 3 is 2.88 bits per heavy atom. The van der Waals surface area contributed by atoms with E-state index in [9.17, 15) is 4.79 Å². The molecule has 16 heavy (non-hydrogen) atoms. The minimum absolute atomic E-state index is 0.0631. The highest BCUT2D eigenvalue weighted by Crippen LogP contribution is 2.22. The number of nitrogens with zero attached hydrogens (tertiary/aromatic N) is 1. The van der Waals surface area contributed by atoms with E-state index in [-0.39, 0.29) is 12.2 Å². The Labute approximate surface area is 101 Å². The van der Waals surface area contributed by atoms with Crippen LogP contribution >= 0.6 is 15.9 Å². The van der Waals surface area contributed by atoms with Crippen molar-refractivity contribution in [3.05, 3.63) is 40.4 Å². The first-order chi connectivity index (χ1) is 7.54. The number of halogens is 1. The van der Waals surface area contributed by atoms with Crippen LogP contribution in [0.4, 0.5) is 0 Å². The van der Waals surface area contributed by atoms with Crippen molar-refractivity contribution in [3.63, 3.8) is 0 Å². The predicted octanol–water partition coefficient (Wildman–Crippen LogP) is 2.34. The van der Waals surface area contributed by atoms with Crippen molar-refractivity contribution < 1.29 is 14.6 Å². The van der Waals surface area contributed by atoms with E-state index < -0.39 is 5.97 Å². The second-order valence-corrected chi connectivity index (χ2v) is 3.87. The van der Waals surface area contributed by atoms with Gasteiger partial charge in [0.1, 0.15) is 18.4 Å². The van der Waals surface area contributed by atoms with Gasteiger partial charge in [-0.3, -0.25) is 0 Å². The van der Waals surface area contributed by atoms with Crippen LogP contribution in [0.15, 0.2) is 34.8 Å². The summed E-state index contributed by atoms with van der Waals surface area (Å²) in [7, 11) is 0. The van der Waals surface area contributed by atoms with Crippen molar-refractivity contribution in [3.8, 4) is 11.8 Å². The van der Waals surface area contributed by atoms with Crippen LogP contribution in [0.5, 0.6) is 5.75 Å². The molecule has 82 valence electrons. The quantitative estimate of drug-likeness (QED) is 0.860. The molecule has 0 aliphatic heterocycles. The largest absolute Gasteiger partial charge is 0.487 e. The lowest BCUT2D eigenvalue weighted by Crippen LogP contribution is -2.09. The molecular weight excluding hydrogens is 274 g/mol. The van der Waals surface area contributed by atoms with Gasteiger partial charge in [-0.15, -0.1) is 0 Å². The van der Waals surface area contributed by atoms with Crippen LogP contribution in [0.3, 0.4) is 0 Å². The molecule has 0 amide bonds. The van der Waals surface area contributed by atoms with Crippen LogP contribution in [0.1, 0.15) is 5.56 Å². The van der Waals surface area contributed by atoms with Crippen molar-refractivity contribution in [2.24, 2.45) is 0 Å². The van der Waals surface area contributed by atoms with Crippen molar-refractivity contribution in [2.75, 3.05) is 6.61 Å². The topological polar surface area (TPSA) is 70.3 Å². The maximum absolute atomic E-state index is 10.5. The van der Waals surface area contributed by atoms with Gasteiger partial charge in [0.2, 0.25) is 0 Å². The number of carboxylic acids is 1. The van der Waals surface area contributed by atoms with Gasteiger partial charge in [-0.1, -0.05) is 22.5 Å². The molecule has 0 saturated carbocycles. The maximum Gasteiger partial charge on any atom is 0.334 e. The number of hydrogen-bond acceptors (Lipinski definition) is 3. The van der Waals surface area contributed by atoms with E-state index in [1.807, 2.05) is 6.07 Å². The van der Waals surface area contributed by atoms with E-state index in [1.165, 1.54) is 0 Å². The van der Waals surface area contributed by atoms with Crippen LogP contribution in [0.25, 0.3) is 0 Å². The van der Waals surface area contributed by atoms with Gasteiger partial charge >= 0.3 is 5.97 Å². The average Bonchev–Trinajstić information content (AvgIpc) is 2.26. The maximum atomic E-state index is 10.5. The number of carbonyl (C=O) groups is 1. The number of benzene rings is 1. The van der Waals surface area contributed by atoms with Crippen molar-refractivity contribution in [1.82, 2.24) is 0 Å². The molecule has 5 heteroatoms. The highest BCUT2D eigenvalue weighted by Gasteiger charge is 2.08. The summed E-state index contributed by atoms with van der Waals surface area (Å²) < 4.78 is 5.94. The Morgan fingerprint density at radius 2 is 2.31 bits per heavy atom. The van der Waals surface area contributed by atoms with E-state index in [0.717, 1.165) is 4.47 Å². The third-order valence-corrected chi connectivity index (χ3v) is 2.26. The normalized spacial score (nSPS) is 9.25. The second-order valence-electron chi connectivity index (χ2n) is 2.95. The van der Waals surface area contributed by atoms with E-state index in [2.05, 4.69) is 22.5 Å². The molecule has 0 saturated heterocycles. The Hall–Kier alpha value is -1.80. The van der Waals surface area contributed by atoms with Gasteiger partial charge < -0.3 is 9.84 Å². The lowest BCUT2D eigenvalue weighted by Gasteiger charge is -2.07. The summed E-state index contributed by atoms with van der Waals surface area (Å²) in [6, 6.07) is 6.86. The van der Waals surface area contributed by atoms with Crippen molar-refractivity contribution in [1.29, 1.82) is 5.26 Å². The molecule has 0 unspecified atom stereocenters. The molecule has 4 nitrogen and oxygen atoms in total. The Balaban J connectivity index is 2.79. The summed E-state index contributed by atoms with van der Waals surface area (Å²) in [4.78, 5) is 10.5. The first-order valence-electron chi connectivity index (χ1n) is 4.28. The third-order valence-electron chi connectivity index (χ3n) is 1.77. The number of ether oxygens (including phenoxy) is 1. The molecule has 1 aromatic rings. The number of carboxylic acid groups (broad SMARTS) is 1. The zero-order chi connectivity index (χ0) is 12.1. The molecule has 1 aromatic carbocycles. The molecule has 0 aromatic heterocycles. The highest BCUT2D eigenvalue weighted by molar-refractivity contribution is 9.10. The fourth-order valence-corrected chi connectivity index (χ4v) is 1.30. The van der Waals surface area contributed by atoms with Crippen LogP contribution in [-0.4, -0.2) is 17.7 Å². The molecule has 0 aliphatic rings. The van der Waals surface area contributed by atoms with Crippen LogP contribution in [0.2, 0.25) is 0 Å². The van der Waals surface area contributed by atoms with Gasteiger partial charge in [0.25, 0.3) is 0 Å². The molecule has 0 fully saturated rings. The van der Waals surface area contributed by atoms with Gasteiger partial charge in [0.05, 0.1) is 11.1 Å². The molecular formula is C11H8BrNO3. The minimum Gasteiger partial charge on any atom is -0.487 e. The van der Waals surface area contributed by atoms with Gasteiger partial charge in [-0.05, 0) is 18.2 Å². The summed E-state index contributed by atoms with van der Waals surface area (Å²) in [5.74, 6) is -0.774. The Morgan fingerprint density at radius 1 is 1.62 bits per heavy atom. The Bertz CT molecular complexity index is 477. The molecule has 0 radical (unpaired) electrons. The van der Waals surface area contributed by atoms with Crippen molar-refractivity contribution in [2.45, 2.75) is 0 Å². The number of hydrogen-bond donors (Lipinski definition) is 1. The van der Waals surface area contributed by atoms with E-state index in [1.54, 1.807) is 18.2 Å². The predicted molar refractivity (Wildman–Crippen MR) is 61.1 cm³/mol. The molecule has 1 N–H and O–H groups in total. The fourth-order valence-electron chi connectivity index (χ4n) is 0.942. The first-order valence-corrected chi connectivity index (χ1v) is 5.07. The number of aliphatic carboxylic acids is 1. The summed E-state index contributed by atoms with van der Waals surface area (Å²) in [6.07, 6.45) is 0. The number of rotatable bonds is 4. The molecule has 0 spiro atoms. The van der Waals surface area contributed by atoms with Gasteiger partial charge in [0.15, 0.2) is 0 Å². The molecule has 1 rings (SSSR count). The number of nitriles is 1. The molecule has 0 heterocycles. The third kappa shape index (κ3) is 3.11. The highest BCUT2D eigenvalue weighted by atomic mass is 79.9. The van der Waals surface area contributed by atoms with Gasteiger partial charge in [-0.25, -0.2) is 4.79 Å². The minimum atomic E-state index is -1.12. The standard InChI is InChI=1S/C11H8BrNO3/c1-7(11(14)15)6-16-10-3-2-9(12)4-8(10)5-13/h2-4H,1,6H2,(H,14,15). The monoisotopic (exact) mass is 281 g/mol. The van der Waals surface area contributed by atoms with Gasteiger partial charge in [-0.2, -0.15) is 5.26 Å². The van der Waals surface area contributed by atoms with Gasteiger partial charge in [0, 0.05) is 4.47 Å². The molecule has 0 bridgehead atoms. The SMILES string of the molecule is C=C(COc1ccc(Br)cc1C#N)C(=O)O. The summed E-state index contributed by atoms with van der Waals surface area (Å²) in [5.41, 5.74) is 0.277. The average molecular weight is 282 g/mol. The summed E-state index contributed by atoms with van der Waals surface area (Å²) >= 11 is 3.22. The molecule has 0 aliphatic carbocycles. The lowest BCUT2D eigenvalue weighted by molar-refractivity contribution is -0.133. The molecule has 0 atom stereocenters. The zero-order valence-electron chi connectivity index (χ0n) is 8.24. The van der Waals surface area contributed by atoms with Crippen LogP contribution in [0, 0.1) is 11.3 Å². The van der Waals surface area contributed by atoms with E-state index in [0.29, 0.717) is 11.3 Å². The van der Waals surface area contributed by atoms with Crippen LogP contribution < -0.4 is 4.74 Å². The van der Waals surface area contributed by atoms with Crippen LogP contribution in [-0.2, 0) is 4.79 Å². The fraction of sp³-hybridized carbons (Fsp3) is 0.0909.